The van der Waals surface area contributed by atoms with Crippen LogP contribution in [-0.2, 0) is 4.79 Å². The van der Waals surface area contributed by atoms with Crippen molar-refractivity contribution in [2.75, 3.05) is 11.1 Å². The van der Waals surface area contributed by atoms with Gasteiger partial charge in [0.2, 0.25) is 5.91 Å². The Balaban J connectivity index is 2.89. The highest BCUT2D eigenvalue weighted by molar-refractivity contribution is 7.81. The van der Waals surface area contributed by atoms with E-state index in [9.17, 15) is 4.79 Å². The minimum absolute atomic E-state index is 0.0505. The number of anilines is 1. The molecular formula is C7H6N4OS. The zero-order chi connectivity index (χ0) is 9.68. The fourth-order valence-corrected chi connectivity index (χ4v) is 0.762. The molecule has 1 heterocycles. The Bertz CT molecular complexity index is 360. The number of nitriles is 1. The van der Waals surface area contributed by atoms with Crippen LogP contribution in [0.3, 0.4) is 0 Å². The molecule has 13 heavy (non-hydrogen) atoms. The molecule has 5 nitrogen and oxygen atoms in total. The Hall–Kier alpha value is -1.61. The number of amides is 1. The number of carbonyl (C=O) groups excluding carboxylic acids is 1. The van der Waals surface area contributed by atoms with Crippen LogP contribution in [0.4, 0.5) is 5.82 Å². The van der Waals surface area contributed by atoms with Crippen molar-refractivity contribution in [2.45, 2.75) is 0 Å². The summed E-state index contributed by atoms with van der Waals surface area (Å²) in [6.45, 7) is 0. The first-order valence-electron chi connectivity index (χ1n) is 3.38. The molecule has 1 aromatic heterocycles. The van der Waals surface area contributed by atoms with Crippen molar-refractivity contribution in [3.05, 3.63) is 18.1 Å². The minimum atomic E-state index is -0.307. The van der Waals surface area contributed by atoms with Crippen molar-refractivity contribution in [2.24, 2.45) is 0 Å². The first-order valence-corrected chi connectivity index (χ1v) is 4.02. The third kappa shape index (κ3) is 2.42. The Labute approximate surface area is 80.2 Å². The second-order valence-corrected chi connectivity index (χ2v) is 2.42. The molecule has 0 radical (unpaired) electrons. The fraction of sp³-hybridized carbons (Fsp3) is 0.143. The van der Waals surface area contributed by atoms with Crippen molar-refractivity contribution in [3.8, 4) is 6.07 Å². The molecule has 66 valence electrons. The van der Waals surface area contributed by atoms with E-state index in [4.69, 9.17) is 5.26 Å². The molecule has 6 heteroatoms. The standard InChI is InChI=1S/C7H6N4OS/c8-1-5-2-9-4-10-7(5)11-6(12)3-13/h2,4,13H,3H2,(H,9,10,11,12). The van der Waals surface area contributed by atoms with Gasteiger partial charge in [0.05, 0.1) is 11.9 Å². The van der Waals surface area contributed by atoms with Crippen LogP contribution in [0.2, 0.25) is 0 Å². The largest absolute Gasteiger partial charge is 0.309 e. The predicted molar refractivity (Wildman–Crippen MR) is 49.2 cm³/mol. The van der Waals surface area contributed by atoms with Gasteiger partial charge in [-0.2, -0.15) is 17.9 Å². The molecule has 0 aliphatic carbocycles. The maximum atomic E-state index is 10.9. The van der Waals surface area contributed by atoms with E-state index in [-0.39, 0.29) is 23.0 Å². The van der Waals surface area contributed by atoms with Crippen LogP contribution < -0.4 is 5.32 Å². The number of hydrogen-bond donors (Lipinski definition) is 2. The zero-order valence-electron chi connectivity index (χ0n) is 6.56. The summed E-state index contributed by atoms with van der Waals surface area (Å²) in [4.78, 5) is 18.3. The van der Waals surface area contributed by atoms with Gasteiger partial charge in [-0.15, -0.1) is 0 Å². The Kier molecular flexibility index (Phi) is 3.23. The molecule has 0 aliphatic rings. The van der Waals surface area contributed by atoms with Gasteiger partial charge in [-0.1, -0.05) is 0 Å². The highest BCUT2D eigenvalue weighted by Gasteiger charge is 2.05. The minimum Gasteiger partial charge on any atom is -0.309 e. The molecule has 1 aromatic rings. The third-order valence-corrected chi connectivity index (χ3v) is 1.52. The highest BCUT2D eigenvalue weighted by atomic mass is 32.1. The first kappa shape index (κ1) is 9.48. The van der Waals surface area contributed by atoms with Gasteiger partial charge in [0.25, 0.3) is 0 Å². The molecular weight excluding hydrogens is 188 g/mol. The lowest BCUT2D eigenvalue weighted by Crippen LogP contribution is -2.14. The van der Waals surface area contributed by atoms with E-state index in [0.717, 1.165) is 0 Å². The van der Waals surface area contributed by atoms with Gasteiger partial charge in [0.1, 0.15) is 18.0 Å². The highest BCUT2D eigenvalue weighted by Crippen LogP contribution is 2.07. The number of rotatable bonds is 2. The second kappa shape index (κ2) is 4.42. The smallest absolute Gasteiger partial charge is 0.235 e. The van der Waals surface area contributed by atoms with Crippen LogP contribution in [0.5, 0.6) is 0 Å². The molecule has 0 aromatic carbocycles. The van der Waals surface area contributed by atoms with Gasteiger partial charge in [0, 0.05) is 0 Å². The predicted octanol–water partition coefficient (Wildman–Crippen LogP) is 0.217. The third-order valence-electron chi connectivity index (χ3n) is 1.23. The summed E-state index contributed by atoms with van der Waals surface area (Å²) < 4.78 is 0. The number of thiol groups is 1. The quantitative estimate of drug-likeness (QED) is 0.660. The van der Waals surface area contributed by atoms with Crippen LogP contribution in [0.25, 0.3) is 0 Å². The van der Waals surface area contributed by atoms with Crippen LogP contribution >= 0.6 is 12.6 Å². The van der Waals surface area contributed by atoms with Gasteiger partial charge in [-0.25, -0.2) is 9.97 Å². The lowest BCUT2D eigenvalue weighted by atomic mass is 10.3. The maximum Gasteiger partial charge on any atom is 0.235 e. The van der Waals surface area contributed by atoms with E-state index in [1.54, 1.807) is 0 Å². The molecule has 0 unspecified atom stereocenters. The summed E-state index contributed by atoms with van der Waals surface area (Å²) in [5, 5.41) is 11.0. The average Bonchev–Trinajstić information content (AvgIpc) is 2.18. The van der Waals surface area contributed by atoms with Crippen LogP contribution in [-0.4, -0.2) is 21.6 Å². The van der Waals surface area contributed by atoms with Crippen molar-refractivity contribution in [1.29, 1.82) is 5.26 Å². The monoisotopic (exact) mass is 194 g/mol. The molecule has 0 spiro atoms. The van der Waals surface area contributed by atoms with Crippen molar-refractivity contribution in [1.82, 2.24) is 9.97 Å². The average molecular weight is 194 g/mol. The molecule has 0 atom stereocenters. The molecule has 0 aliphatic heterocycles. The van der Waals surface area contributed by atoms with Gasteiger partial charge < -0.3 is 5.32 Å². The summed E-state index contributed by atoms with van der Waals surface area (Å²) in [6, 6.07) is 1.86. The first-order chi connectivity index (χ1) is 6.27. The molecule has 0 bridgehead atoms. The molecule has 1 rings (SSSR count). The lowest BCUT2D eigenvalue weighted by Gasteiger charge is -2.01. The topological polar surface area (TPSA) is 78.7 Å². The summed E-state index contributed by atoms with van der Waals surface area (Å²) in [7, 11) is 0. The number of hydrogen-bond acceptors (Lipinski definition) is 5. The Morgan fingerprint density at radius 1 is 1.77 bits per heavy atom. The summed E-state index contributed by atoms with van der Waals surface area (Å²) in [5.41, 5.74) is 0.234. The van der Waals surface area contributed by atoms with Crippen LogP contribution in [0, 0.1) is 11.3 Å². The molecule has 0 saturated carbocycles. The zero-order valence-corrected chi connectivity index (χ0v) is 7.45. The Morgan fingerprint density at radius 2 is 2.54 bits per heavy atom. The SMILES string of the molecule is N#Cc1cncnc1NC(=O)CS. The van der Waals surface area contributed by atoms with E-state index >= 15 is 0 Å². The van der Waals surface area contributed by atoms with E-state index in [1.165, 1.54) is 12.5 Å². The molecule has 0 saturated heterocycles. The van der Waals surface area contributed by atoms with Crippen molar-refractivity contribution >= 4 is 24.4 Å². The van der Waals surface area contributed by atoms with Gasteiger partial charge >= 0.3 is 0 Å². The van der Waals surface area contributed by atoms with Gasteiger partial charge in [-0.3, -0.25) is 4.79 Å². The number of carbonyl (C=O) groups is 1. The normalized spacial score (nSPS) is 8.92. The fourth-order valence-electron chi connectivity index (χ4n) is 0.683. The Morgan fingerprint density at radius 3 is 3.15 bits per heavy atom. The van der Waals surface area contributed by atoms with Gasteiger partial charge in [0.15, 0.2) is 5.82 Å². The second-order valence-electron chi connectivity index (χ2n) is 2.10. The van der Waals surface area contributed by atoms with Crippen LogP contribution in [0.15, 0.2) is 12.5 Å². The van der Waals surface area contributed by atoms with Crippen molar-refractivity contribution < 1.29 is 4.79 Å². The number of nitrogens with zero attached hydrogens (tertiary/aromatic N) is 3. The van der Waals surface area contributed by atoms with Crippen molar-refractivity contribution in [3.63, 3.8) is 0 Å². The van der Waals surface area contributed by atoms with E-state index in [2.05, 4.69) is 27.9 Å². The maximum absolute atomic E-state index is 10.9. The number of nitrogens with one attached hydrogen (secondary N) is 1. The van der Waals surface area contributed by atoms with Gasteiger partial charge in [-0.05, 0) is 0 Å². The summed E-state index contributed by atoms with van der Waals surface area (Å²) in [5.74, 6) is -0.0374. The molecule has 0 fully saturated rings. The number of aromatic nitrogens is 2. The van der Waals surface area contributed by atoms with E-state index in [1.807, 2.05) is 6.07 Å². The molecule has 1 amide bonds. The summed E-state index contributed by atoms with van der Waals surface area (Å²) >= 11 is 3.77. The van der Waals surface area contributed by atoms with E-state index < -0.39 is 0 Å². The lowest BCUT2D eigenvalue weighted by molar-refractivity contribution is -0.113. The van der Waals surface area contributed by atoms with Crippen LogP contribution in [0.1, 0.15) is 5.56 Å². The molecule has 1 N–H and O–H groups in total. The summed E-state index contributed by atoms with van der Waals surface area (Å²) in [6.07, 6.45) is 2.59. The van der Waals surface area contributed by atoms with E-state index in [0.29, 0.717) is 0 Å².